The topological polar surface area (TPSA) is 74.8 Å². The van der Waals surface area contributed by atoms with Crippen LogP contribution in [-0.2, 0) is 5.41 Å². The summed E-state index contributed by atoms with van der Waals surface area (Å²) < 4.78 is 5.69. The van der Waals surface area contributed by atoms with Gasteiger partial charge in [-0.15, -0.1) is 0 Å². The van der Waals surface area contributed by atoms with Crippen LogP contribution >= 0.6 is 0 Å². The molecule has 1 aliphatic heterocycles. The normalized spacial score (nSPS) is 25.1. The van der Waals surface area contributed by atoms with Gasteiger partial charge in [0.2, 0.25) is 0 Å². The van der Waals surface area contributed by atoms with Gasteiger partial charge < -0.3 is 19.9 Å². The number of benzene rings is 2. The molecule has 2 amide bonds. The smallest absolute Gasteiger partial charge is 0.254 e. The molecule has 0 atom stereocenters. The highest BCUT2D eigenvalue weighted by Gasteiger charge is 2.50. The number of carbonyl (C=O) groups excluding carboxylic acids is 2. The average molecular weight is 635 g/mol. The van der Waals surface area contributed by atoms with E-state index in [4.69, 9.17) is 4.74 Å². The lowest BCUT2D eigenvalue weighted by Gasteiger charge is -2.56. The molecule has 7 nitrogen and oxygen atoms in total. The maximum absolute atomic E-state index is 13.9. The van der Waals surface area contributed by atoms with Gasteiger partial charge in [-0.2, -0.15) is 0 Å². The Morgan fingerprint density at radius 3 is 2.13 bits per heavy atom. The Morgan fingerprint density at radius 2 is 1.51 bits per heavy atom. The summed E-state index contributed by atoms with van der Waals surface area (Å²) in [6.07, 6.45) is 11.7. The summed E-state index contributed by atoms with van der Waals surface area (Å²) in [5.41, 5.74) is 5.75. The number of aromatic nitrogens is 1. The second-order valence-corrected chi connectivity index (χ2v) is 15.8. The number of nitrogens with one attached hydrogen (secondary N) is 1. The van der Waals surface area contributed by atoms with Crippen LogP contribution in [0.5, 0.6) is 5.75 Å². The standard InChI is InChI=1S/C40H50N4O3/c1-5-47-36-20-33(24-41-25-36)31-17-32(19-34(18-31)39(2,3)4)38(46)44-12-10-43(11-13-44)35-8-6-30(7-9-35)37(45)42-26-40-21-27-14-28(22-40)16-29(15-27)23-40/h6-9,17-20,24-25,27-29H,5,10-16,21-23,26H2,1-4H3,(H,42,45). The number of rotatable bonds is 8. The van der Waals surface area contributed by atoms with Crippen LogP contribution in [-0.4, -0.2) is 61.0 Å². The van der Waals surface area contributed by atoms with E-state index in [1.807, 2.05) is 48.4 Å². The number of carbonyl (C=O) groups is 2. The molecule has 4 saturated carbocycles. The predicted molar refractivity (Wildman–Crippen MR) is 187 cm³/mol. The number of anilines is 1. The van der Waals surface area contributed by atoms with Crippen molar-refractivity contribution in [2.45, 2.75) is 71.6 Å². The van der Waals surface area contributed by atoms with Gasteiger partial charge in [0.05, 0.1) is 12.8 Å². The van der Waals surface area contributed by atoms with Gasteiger partial charge in [-0.3, -0.25) is 14.6 Å². The number of hydrogen-bond acceptors (Lipinski definition) is 5. The molecule has 1 saturated heterocycles. The SMILES string of the molecule is CCOc1cncc(-c2cc(C(=O)N3CCN(c4ccc(C(=O)NCC56CC7CC(CC(C7)C5)C6)cc4)CC3)cc(C(C)(C)C)c2)c1. The van der Waals surface area contributed by atoms with Crippen molar-refractivity contribution >= 4 is 17.5 Å². The van der Waals surface area contributed by atoms with Crippen LogP contribution in [0.15, 0.2) is 60.9 Å². The molecule has 1 aromatic heterocycles. The summed E-state index contributed by atoms with van der Waals surface area (Å²) in [6, 6.07) is 16.2. The van der Waals surface area contributed by atoms with Gasteiger partial charge in [0.25, 0.3) is 11.8 Å². The van der Waals surface area contributed by atoms with Crippen LogP contribution in [0.1, 0.15) is 92.5 Å². The third-order valence-electron chi connectivity index (χ3n) is 11.3. The molecule has 0 spiro atoms. The fourth-order valence-corrected chi connectivity index (χ4v) is 9.22. The Balaban J connectivity index is 0.976. The van der Waals surface area contributed by atoms with Crippen molar-refractivity contribution < 1.29 is 14.3 Å². The van der Waals surface area contributed by atoms with Crippen LogP contribution < -0.4 is 15.0 Å². The fraction of sp³-hybridized carbons (Fsp3) is 0.525. The highest BCUT2D eigenvalue weighted by atomic mass is 16.5. The highest BCUT2D eigenvalue weighted by Crippen LogP contribution is 2.59. The molecule has 1 N–H and O–H groups in total. The first kappa shape index (κ1) is 31.7. The van der Waals surface area contributed by atoms with Crippen LogP contribution in [0.2, 0.25) is 0 Å². The monoisotopic (exact) mass is 634 g/mol. The van der Waals surface area contributed by atoms with E-state index in [1.54, 1.807) is 6.20 Å². The molecule has 0 unspecified atom stereocenters. The molecule has 3 aromatic rings. The molecular formula is C40H50N4O3. The van der Waals surface area contributed by atoms with Gasteiger partial charge >= 0.3 is 0 Å². The zero-order valence-corrected chi connectivity index (χ0v) is 28.6. The summed E-state index contributed by atoms with van der Waals surface area (Å²) in [7, 11) is 0. The molecule has 248 valence electrons. The quantitative estimate of drug-likeness (QED) is 0.281. The van der Waals surface area contributed by atoms with Crippen molar-refractivity contribution in [3.05, 3.63) is 77.6 Å². The average Bonchev–Trinajstić information content (AvgIpc) is 3.06. The number of hydrogen-bond donors (Lipinski definition) is 1. The van der Waals surface area contributed by atoms with Crippen molar-refractivity contribution in [2.75, 3.05) is 44.2 Å². The molecule has 2 heterocycles. The van der Waals surface area contributed by atoms with Crippen LogP contribution in [0.25, 0.3) is 11.1 Å². The fourth-order valence-electron chi connectivity index (χ4n) is 9.22. The largest absolute Gasteiger partial charge is 0.492 e. The van der Waals surface area contributed by atoms with Crippen molar-refractivity contribution in [1.29, 1.82) is 0 Å². The van der Waals surface area contributed by atoms with Gasteiger partial charge in [0, 0.05) is 61.3 Å². The Morgan fingerprint density at radius 1 is 0.851 bits per heavy atom. The van der Waals surface area contributed by atoms with E-state index in [0.717, 1.165) is 71.1 Å². The van der Waals surface area contributed by atoms with Crippen molar-refractivity contribution in [2.24, 2.45) is 23.2 Å². The molecular weight excluding hydrogens is 584 g/mol. The first-order chi connectivity index (χ1) is 22.6. The van der Waals surface area contributed by atoms with Gasteiger partial charge in [-0.1, -0.05) is 26.8 Å². The van der Waals surface area contributed by atoms with E-state index in [1.165, 1.54) is 38.5 Å². The molecule has 8 rings (SSSR count). The molecule has 4 bridgehead atoms. The number of nitrogens with zero attached hydrogens (tertiary/aromatic N) is 3. The van der Waals surface area contributed by atoms with E-state index in [9.17, 15) is 9.59 Å². The minimum atomic E-state index is -0.118. The van der Waals surface area contributed by atoms with Crippen LogP contribution in [0.4, 0.5) is 5.69 Å². The van der Waals surface area contributed by atoms with E-state index >= 15 is 0 Å². The van der Waals surface area contributed by atoms with Gasteiger partial charge in [0.15, 0.2) is 0 Å². The maximum atomic E-state index is 13.9. The van der Waals surface area contributed by atoms with Crippen LogP contribution in [0, 0.1) is 23.2 Å². The minimum Gasteiger partial charge on any atom is -0.492 e. The Hall–Kier alpha value is -3.87. The molecule has 0 radical (unpaired) electrons. The predicted octanol–water partition coefficient (Wildman–Crippen LogP) is 7.35. The Bertz CT molecular complexity index is 1580. The lowest BCUT2D eigenvalue weighted by Crippen LogP contribution is -2.51. The third kappa shape index (κ3) is 6.77. The molecule has 5 fully saturated rings. The summed E-state index contributed by atoms with van der Waals surface area (Å²) in [4.78, 5) is 35.7. The summed E-state index contributed by atoms with van der Waals surface area (Å²) >= 11 is 0. The first-order valence-corrected chi connectivity index (χ1v) is 17.7. The number of pyridine rings is 1. The zero-order chi connectivity index (χ0) is 32.8. The summed E-state index contributed by atoms with van der Waals surface area (Å²) in [5.74, 6) is 3.49. The molecule has 5 aliphatic rings. The number of ether oxygens (including phenoxy) is 1. The highest BCUT2D eigenvalue weighted by molar-refractivity contribution is 5.96. The second kappa shape index (κ2) is 12.6. The Kier molecular flexibility index (Phi) is 8.52. The maximum Gasteiger partial charge on any atom is 0.254 e. The third-order valence-corrected chi connectivity index (χ3v) is 11.3. The van der Waals surface area contributed by atoms with E-state index in [2.05, 4.69) is 54.2 Å². The number of amides is 2. The van der Waals surface area contributed by atoms with Gasteiger partial charge in [-0.05, 0) is 128 Å². The number of piperazine rings is 1. The zero-order valence-electron chi connectivity index (χ0n) is 28.6. The molecule has 2 aromatic carbocycles. The van der Waals surface area contributed by atoms with E-state index < -0.39 is 0 Å². The van der Waals surface area contributed by atoms with Crippen molar-refractivity contribution in [3.8, 4) is 16.9 Å². The molecule has 7 heteroatoms. The minimum absolute atomic E-state index is 0.0416. The van der Waals surface area contributed by atoms with Crippen molar-refractivity contribution in [3.63, 3.8) is 0 Å². The van der Waals surface area contributed by atoms with Gasteiger partial charge in [-0.25, -0.2) is 0 Å². The van der Waals surface area contributed by atoms with Crippen LogP contribution in [0.3, 0.4) is 0 Å². The van der Waals surface area contributed by atoms with E-state index in [0.29, 0.717) is 30.7 Å². The summed E-state index contributed by atoms with van der Waals surface area (Å²) in [6.45, 7) is 12.6. The second-order valence-electron chi connectivity index (χ2n) is 15.8. The van der Waals surface area contributed by atoms with E-state index in [-0.39, 0.29) is 17.2 Å². The van der Waals surface area contributed by atoms with Crippen molar-refractivity contribution in [1.82, 2.24) is 15.2 Å². The lowest BCUT2D eigenvalue weighted by molar-refractivity contribution is -0.0503. The molecule has 4 aliphatic carbocycles. The summed E-state index contributed by atoms with van der Waals surface area (Å²) in [5, 5.41) is 3.32. The lowest BCUT2D eigenvalue weighted by atomic mass is 9.49. The van der Waals surface area contributed by atoms with Gasteiger partial charge in [0.1, 0.15) is 5.75 Å². The Labute approximate surface area is 280 Å². The molecule has 47 heavy (non-hydrogen) atoms. The first-order valence-electron chi connectivity index (χ1n) is 17.7.